The lowest BCUT2D eigenvalue weighted by Gasteiger charge is -2.09. The van der Waals surface area contributed by atoms with Crippen LogP contribution in [0.1, 0.15) is 11.7 Å². The minimum absolute atomic E-state index is 0.102. The van der Waals surface area contributed by atoms with Crippen molar-refractivity contribution in [2.75, 3.05) is 6.54 Å². The second kappa shape index (κ2) is 3.51. The van der Waals surface area contributed by atoms with Crippen molar-refractivity contribution >= 4 is 22.6 Å². The highest BCUT2D eigenvalue weighted by molar-refractivity contribution is 14.1. The Balaban J connectivity index is 3.00. The van der Waals surface area contributed by atoms with Crippen LogP contribution in [-0.4, -0.2) is 16.1 Å². The first-order chi connectivity index (χ1) is 5.16. The van der Waals surface area contributed by atoms with Gasteiger partial charge >= 0.3 is 0 Å². The molecule has 1 aromatic rings. The van der Waals surface area contributed by atoms with Crippen LogP contribution in [0.3, 0.4) is 0 Å². The molecule has 0 saturated carbocycles. The highest BCUT2D eigenvalue weighted by Gasteiger charge is 2.12. The van der Waals surface area contributed by atoms with Crippen molar-refractivity contribution in [3.8, 4) is 0 Å². The standard InChI is InChI=1S/C6H11IN4/c1-11-3-10-6(7)5(11)4(9)2-8/h3-4H,2,8-9H2,1H3. The third kappa shape index (κ3) is 1.71. The van der Waals surface area contributed by atoms with Crippen molar-refractivity contribution in [3.05, 3.63) is 15.7 Å². The Hall–Kier alpha value is -0.140. The molecule has 0 radical (unpaired) electrons. The Kier molecular flexibility index (Phi) is 2.85. The van der Waals surface area contributed by atoms with Gasteiger partial charge in [-0.05, 0) is 22.6 Å². The summed E-state index contributed by atoms with van der Waals surface area (Å²) < 4.78 is 2.84. The quantitative estimate of drug-likeness (QED) is 0.739. The van der Waals surface area contributed by atoms with Gasteiger partial charge in [-0.3, -0.25) is 0 Å². The second-order valence-electron chi connectivity index (χ2n) is 2.37. The van der Waals surface area contributed by atoms with E-state index in [4.69, 9.17) is 11.5 Å². The summed E-state index contributed by atoms with van der Waals surface area (Å²) >= 11 is 2.15. The first-order valence-electron chi connectivity index (χ1n) is 3.29. The Morgan fingerprint density at radius 1 is 1.82 bits per heavy atom. The summed E-state index contributed by atoms with van der Waals surface area (Å²) in [6.45, 7) is 0.454. The second-order valence-corrected chi connectivity index (χ2v) is 3.40. The van der Waals surface area contributed by atoms with Crippen LogP contribution in [-0.2, 0) is 7.05 Å². The molecule has 1 atom stereocenters. The van der Waals surface area contributed by atoms with Crippen molar-refractivity contribution in [1.82, 2.24) is 9.55 Å². The molecule has 4 nitrogen and oxygen atoms in total. The SMILES string of the molecule is Cn1cnc(I)c1C(N)CN. The normalized spacial score (nSPS) is 13.5. The first-order valence-corrected chi connectivity index (χ1v) is 4.37. The predicted molar refractivity (Wildman–Crippen MR) is 51.9 cm³/mol. The molecule has 1 aromatic heterocycles. The lowest BCUT2D eigenvalue weighted by Crippen LogP contribution is -2.23. The summed E-state index contributed by atoms with van der Waals surface area (Å²) in [5.74, 6) is 0. The average Bonchev–Trinajstić information content (AvgIpc) is 2.30. The molecule has 62 valence electrons. The maximum Gasteiger partial charge on any atom is 0.124 e. The fourth-order valence-corrected chi connectivity index (χ4v) is 1.84. The number of aryl methyl sites for hydroxylation is 1. The van der Waals surface area contributed by atoms with E-state index in [1.54, 1.807) is 6.33 Å². The van der Waals surface area contributed by atoms with E-state index in [9.17, 15) is 0 Å². The number of hydrogen-bond acceptors (Lipinski definition) is 3. The van der Waals surface area contributed by atoms with Crippen molar-refractivity contribution < 1.29 is 0 Å². The highest BCUT2D eigenvalue weighted by Crippen LogP contribution is 2.14. The van der Waals surface area contributed by atoms with Gasteiger partial charge in [0.2, 0.25) is 0 Å². The summed E-state index contributed by atoms with van der Waals surface area (Å²) in [5, 5.41) is 0. The van der Waals surface area contributed by atoms with Crippen LogP contribution in [0, 0.1) is 3.70 Å². The lowest BCUT2D eigenvalue weighted by molar-refractivity contribution is 0.664. The molecule has 4 N–H and O–H groups in total. The predicted octanol–water partition coefficient (Wildman–Crippen LogP) is -0.0168. The third-order valence-corrected chi connectivity index (χ3v) is 2.37. The number of nitrogens with two attached hydrogens (primary N) is 2. The van der Waals surface area contributed by atoms with E-state index < -0.39 is 0 Å². The van der Waals surface area contributed by atoms with Gasteiger partial charge in [0, 0.05) is 13.6 Å². The maximum absolute atomic E-state index is 5.75. The van der Waals surface area contributed by atoms with Gasteiger partial charge < -0.3 is 16.0 Å². The smallest absolute Gasteiger partial charge is 0.124 e. The zero-order chi connectivity index (χ0) is 8.43. The molecule has 0 aliphatic heterocycles. The lowest BCUT2D eigenvalue weighted by atomic mass is 10.2. The van der Waals surface area contributed by atoms with Gasteiger partial charge in [-0.1, -0.05) is 0 Å². The number of rotatable bonds is 2. The highest BCUT2D eigenvalue weighted by atomic mass is 127. The van der Waals surface area contributed by atoms with E-state index in [1.165, 1.54) is 0 Å². The molecule has 0 aliphatic carbocycles. The molecular formula is C6H11IN4. The topological polar surface area (TPSA) is 69.9 Å². The van der Waals surface area contributed by atoms with Gasteiger partial charge in [-0.2, -0.15) is 0 Å². The van der Waals surface area contributed by atoms with E-state index in [2.05, 4.69) is 27.6 Å². The molecule has 11 heavy (non-hydrogen) atoms. The van der Waals surface area contributed by atoms with Crippen LogP contribution in [0.2, 0.25) is 0 Å². The van der Waals surface area contributed by atoms with Crippen LogP contribution in [0.4, 0.5) is 0 Å². The van der Waals surface area contributed by atoms with E-state index >= 15 is 0 Å². The summed E-state index contributed by atoms with van der Waals surface area (Å²) in [5.41, 5.74) is 12.2. The maximum atomic E-state index is 5.75. The Labute approximate surface area is 79.1 Å². The molecule has 5 heteroatoms. The van der Waals surface area contributed by atoms with Crippen molar-refractivity contribution in [2.45, 2.75) is 6.04 Å². The zero-order valence-electron chi connectivity index (χ0n) is 6.29. The molecule has 0 spiro atoms. The van der Waals surface area contributed by atoms with Crippen LogP contribution >= 0.6 is 22.6 Å². The monoisotopic (exact) mass is 266 g/mol. The van der Waals surface area contributed by atoms with Gasteiger partial charge in [-0.15, -0.1) is 0 Å². The van der Waals surface area contributed by atoms with E-state index in [0.717, 1.165) is 9.39 Å². The summed E-state index contributed by atoms with van der Waals surface area (Å²) in [6, 6.07) is -0.102. The fourth-order valence-electron chi connectivity index (χ4n) is 0.937. The van der Waals surface area contributed by atoms with Crippen LogP contribution < -0.4 is 11.5 Å². The summed E-state index contributed by atoms with van der Waals surface area (Å²) in [6.07, 6.45) is 1.74. The average molecular weight is 266 g/mol. The number of nitrogens with zero attached hydrogens (tertiary/aromatic N) is 2. The van der Waals surface area contributed by atoms with Crippen molar-refractivity contribution in [3.63, 3.8) is 0 Å². The molecule has 0 amide bonds. The van der Waals surface area contributed by atoms with Gasteiger partial charge in [0.05, 0.1) is 18.1 Å². The third-order valence-electron chi connectivity index (χ3n) is 1.54. The Bertz CT molecular complexity index is 225. The van der Waals surface area contributed by atoms with E-state index in [-0.39, 0.29) is 6.04 Å². The Morgan fingerprint density at radius 3 is 2.82 bits per heavy atom. The summed E-state index contributed by atoms with van der Waals surface area (Å²) in [7, 11) is 1.92. The van der Waals surface area contributed by atoms with Crippen LogP contribution in [0.5, 0.6) is 0 Å². The van der Waals surface area contributed by atoms with E-state index in [0.29, 0.717) is 6.54 Å². The number of halogens is 1. The zero-order valence-corrected chi connectivity index (χ0v) is 8.45. The molecule has 0 fully saturated rings. The summed E-state index contributed by atoms with van der Waals surface area (Å²) in [4.78, 5) is 4.10. The minimum atomic E-state index is -0.102. The number of imidazole rings is 1. The molecule has 0 aromatic carbocycles. The van der Waals surface area contributed by atoms with E-state index in [1.807, 2.05) is 11.6 Å². The first kappa shape index (κ1) is 8.95. The number of hydrogen-bond donors (Lipinski definition) is 2. The van der Waals surface area contributed by atoms with Crippen LogP contribution in [0.25, 0.3) is 0 Å². The largest absolute Gasteiger partial charge is 0.335 e. The molecule has 1 rings (SSSR count). The molecule has 0 saturated heterocycles. The van der Waals surface area contributed by atoms with Gasteiger partial charge in [-0.25, -0.2) is 4.98 Å². The molecule has 0 bridgehead atoms. The molecule has 1 heterocycles. The fraction of sp³-hybridized carbons (Fsp3) is 0.500. The van der Waals surface area contributed by atoms with Gasteiger partial charge in [0.1, 0.15) is 3.70 Å². The van der Waals surface area contributed by atoms with Crippen molar-refractivity contribution in [2.24, 2.45) is 18.5 Å². The number of aromatic nitrogens is 2. The van der Waals surface area contributed by atoms with Gasteiger partial charge in [0.25, 0.3) is 0 Å². The molecule has 0 aliphatic rings. The Morgan fingerprint density at radius 2 is 2.45 bits per heavy atom. The molecular weight excluding hydrogens is 255 g/mol. The minimum Gasteiger partial charge on any atom is -0.335 e. The van der Waals surface area contributed by atoms with Crippen molar-refractivity contribution in [1.29, 1.82) is 0 Å². The molecule has 1 unspecified atom stereocenters. The van der Waals surface area contributed by atoms with Gasteiger partial charge in [0.15, 0.2) is 0 Å². The van der Waals surface area contributed by atoms with Crippen LogP contribution in [0.15, 0.2) is 6.33 Å².